The molecule has 1 amide bonds. The van der Waals surface area contributed by atoms with E-state index in [-0.39, 0.29) is 16.8 Å². The lowest BCUT2D eigenvalue weighted by Crippen LogP contribution is -2.38. The van der Waals surface area contributed by atoms with E-state index in [9.17, 15) is 13.2 Å². The average Bonchev–Trinajstić information content (AvgIpc) is 3.17. The van der Waals surface area contributed by atoms with Gasteiger partial charge in [-0.1, -0.05) is 0 Å². The highest BCUT2D eigenvalue weighted by Crippen LogP contribution is 2.31. The van der Waals surface area contributed by atoms with E-state index in [1.54, 1.807) is 13.0 Å². The molecule has 0 unspecified atom stereocenters. The smallest absolute Gasteiger partial charge is 0.261 e. The molecule has 2 rings (SSSR count). The van der Waals surface area contributed by atoms with Crippen LogP contribution in [0.5, 0.6) is 0 Å². The molecular weight excluding hydrogens is 310 g/mol. The van der Waals surface area contributed by atoms with Gasteiger partial charge in [-0.05, 0) is 63.3 Å². The Balaban J connectivity index is 2.29. The molecule has 0 bridgehead atoms. The number of amides is 1. The van der Waals surface area contributed by atoms with Crippen molar-refractivity contribution in [2.24, 2.45) is 5.92 Å². The zero-order chi connectivity index (χ0) is 15.8. The van der Waals surface area contributed by atoms with Crippen molar-refractivity contribution in [3.63, 3.8) is 0 Å². The van der Waals surface area contributed by atoms with Crippen LogP contribution in [0.3, 0.4) is 0 Å². The van der Waals surface area contributed by atoms with E-state index in [1.807, 2.05) is 18.7 Å². The molecule has 1 aromatic carbocycles. The van der Waals surface area contributed by atoms with Crippen LogP contribution in [0.1, 0.15) is 42.6 Å². The minimum atomic E-state index is -3.77. The Kier molecular flexibility index (Phi) is 4.63. The lowest BCUT2D eigenvalue weighted by atomic mass is 10.1. The number of aryl methyl sites for hydroxylation is 1. The molecule has 4 nitrogen and oxygen atoms in total. The summed E-state index contributed by atoms with van der Waals surface area (Å²) in [4.78, 5) is 14.6. The number of hydrogen-bond donors (Lipinski definition) is 0. The molecule has 21 heavy (non-hydrogen) atoms. The molecule has 6 heteroatoms. The fourth-order valence-corrected chi connectivity index (χ4v) is 3.13. The van der Waals surface area contributed by atoms with Crippen LogP contribution in [0.15, 0.2) is 23.1 Å². The fraction of sp³-hybridized carbons (Fsp3) is 0.533. The van der Waals surface area contributed by atoms with Crippen molar-refractivity contribution in [3.05, 3.63) is 29.3 Å². The van der Waals surface area contributed by atoms with Crippen LogP contribution in [0, 0.1) is 12.8 Å². The van der Waals surface area contributed by atoms with Gasteiger partial charge in [0.1, 0.15) is 0 Å². The first-order valence-electron chi connectivity index (χ1n) is 7.06. The lowest BCUT2D eigenvalue weighted by molar-refractivity contribution is 0.0695. The molecule has 0 radical (unpaired) electrons. The number of hydrogen-bond acceptors (Lipinski definition) is 3. The Labute approximate surface area is 130 Å². The van der Waals surface area contributed by atoms with E-state index in [4.69, 9.17) is 10.7 Å². The van der Waals surface area contributed by atoms with Crippen LogP contribution in [0.4, 0.5) is 0 Å². The zero-order valence-electron chi connectivity index (χ0n) is 12.5. The molecule has 0 heterocycles. The molecule has 0 aromatic heterocycles. The van der Waals surface area contributed by atoms with E-state index in [0.717, 1.165) is 6.54 Å². The maximum atomic E-state index is 12.7. The lowest BCUT2D eigenvalue weighted by Gasteiger charge is -2.27. The predicted octanol–water partition coefficient (Wildman–Crippen LogP) is 3.18. The van der Waals surface area contributed by atoms with Gasteiger partial charge in [0.25, 0.3) is 15.0 Å². The van der Waals surface area contributed by atoms with Crippen molar-refractivity contribution >= 4 is 25.6 Å². The van der Waals surface area contributed by atoms with Gasteiger partial charge in [-0.25, -0.2) is 8.42 Å². The summed E-state index contributed by atoms with van der Waals surface area (Å²) in [5, 5.41) is 0. The van der Waals surface area contributed by atoms with Crippen LogP contribution < -0.4 is 0 Å². The summed E-state index contributed by atoms with van der Waals surface area (Å²) in [6.45, 7) is 6.49. The SMILES string of the molecule is Cc1cc(S(=O)(=O)Cl)ccc1C(=O)N(CC1CC1)C(C)C. The summed E-state index contributed by atoms with van der Waals surface area (Å²) in [5.41, 5.74) is 1.16. The van der Waals surface area contributed by atoms with Crippen molar-refractivity contribution in [2.75, 3.05) is 6.54 Å². The number of nitrogens with zero attached hydrogens (tertiary/aromatic N) is 1. The number of benzene rings is 1. The molecule has 0 spiro atoms. The van der Waals surface area contributed by atoms with Gasteiger partial charge in [0.05, 0.1) is 4.90 Å². The van der Waals surface area contributed by atoms with E-state index >= 15 is 0 Å². The second-order valence-corrected chi connectivity index (χ2v) is 8.48. The Morgan fingerprint density at radius 1 is 1.38 bits per heavy atom. The molecular formula is C15H20ClNO3S. The molecule has 0 atom stereocenters. The van der Waals surface area contributed by atoms with Gasteiger partial charge in [-0.2, -0.15) is 0 Å². The van der Waals surface area contributed by atoms with Crippen molar-refractivity contribution in [3.8, 4) is 0 Å². The maximum Gasteiger partial charge on any atom is 0.261 e. The fourth-order valence-electron chi connectivity index (χ4n) is 2.29. The third kappa shape index (κ3) is 3.98. The van der Waals surface area contributed by atoms with Crippen molar-refractivity contribution in [1.29, 1.82) is 0 Å². The summed E-state index contributed by atoms with van der Waals surface area (Å²) >= 11 is 0. The monoisotopic (exact) mass is 329 g/mol. The third-order valence-electron chi connectivity index (χ3n) is 3.75. The number of halogens is 1. The van der Waals surface area contributed by atoms with Crippen LogP contribution >= 0.6 is 10.7 Å². The van der Waals surface area contributed by atoms with Crippen LogP contribution in [0.25, 0.3) is 0 Å². The first-order valence-corrected chi connectivity index (χ1v) is 9.37. The minimum absolute atomic E-state index is 0.0245. The Morgan fingerprint density at radius 2 is 2.00 bits per heavy atom. The van der Waals surface area contributed by atoms with Gasteiger partial charge in [-0.15, -0.1) is 0 Å². The van der Waals surface area contributed by atoms with Gasteiger partial charge in [0.2, 0.25) is 0 Å². The van der Waals surface area contributed by atoms with Crippen LogP contribution in [0.2, 0.25) is 0 Å². The van der Waals surface area contributed by atoms with Gasteiger partial charge < -0.3 is 4.90 Å². The number of carbonyl (C=O) groups is 1. The quantitative estimate of drug-likeness (QED) is 0.780. The van der Waals surface area contributed by atoms with Crippen molar-refractivity contribution < 1.29 is 13.2 Å². The van der Waals surface area contributed by atoms with E-state index < -0.39 is 9.05 Å². The highest BCUT2D eigenvalue weighted by Gasteiger charge is 2.29. The second kappa shape index (κ2) is 5.97. The Morgan fingerprint density at radius 3 is 2.43 bits per heavy atom. The second-order valence-electron chi connectivity index (χ2n) is 5.91. The Hall–Kier alpha value is -1.07. The number of rotatable bonds is 5. The molecule has 1 aliphatic rings. The van der Waals surface area contributed by atoms with Crippen molar-refractivity contribution in [2.45, 2.75) is 44.6 Å². The molecule has 0 saturated heterocycles. The molecule has 1 saturated carbocycles. The minimum Gasteiger partial charge on any atom is -0.336 e. The number of carbonyl (C=O) groups excluding carboxylic acids is 1. The summed E-state index contributed by atoms with van der Waals surface area (Å²) in [5.74, 6) is 0.562. The molecule has 1 fully saturated rings. The highest BCUT2D eigenvalue weighted by atomic mass is 35.7. The van der Waals surface area contributed by atoms with E-state index in [2.05, 4.69) is 0 Å². The standard InChI is InChI=1S/C15H20ClNO3S/c1-10(2)17(9-12-4-5-12)15(18)14-7-6-13(8-11(14)3)21(16,19)20/h6-8,10,12H,4-5,9H2,1-3H3. The molecule has 0 N–H and O–H groups in total. The third-order valence-corrected chi connectivity index (χ3v) is 5.10. The molecule has 1 aliphatic carbocycles. The van der Waals surface area contributed by atoms with E-state index in [1.165, 1.54) is 25.0 Å². The normalized spacial score (nSPS) is 15.3. The zero-order valence-corrected chi connectivity index (χ0v) is 14.0. The van der Waals surface area contributed by atoms with Gasteiger partial charge in [0.15, 0.2) is 0 Å². The summed E-state index contributed by atoms with van der Waals surface area (Å²) in [6, 6.07) is 4.51. The van der Waals surface area contributed by atoms with Crippen molar-refractivity contribution in [1.82, 2.24) is 4.90 Å². The topological polar surface area (TPSA) is 54.5 Å². The Bertz CT molecular complexity index is 651. The molecule has 1 aromatic rings. The maximum absolute atomic E-state index is 12.7. The predicted molar refractivity (Wildman–Crippen MR) is 83.1 cm³/mol. The highest BCUT2D eigenvalue weighted by molar-refractivity contribution is 8.13. The molecule has 0 aliphatic heterocycles. The molecule has 116 valence electrons. The summed E-state index contributed by atoms with van der Waals surface area (Å²) < 4.78 is 22.7. The van der Waals surface area contributed by atoms with Gasteiger partial charge in [-0.3, -0.25) is 4.79 Å². The van der Waals surface area contributed by atoms with Gasteiger partial charge in [0, 0.05) is 28.8 Å². The average molecular weight is 330 g/mol. The van der Waals surface area contributed by atoms with Crippen LogP contribution in [-0.2, 0) is 9.05 Å². The van der Waals surface area contributed by atoms with E-state index in [0.29, 0.717) is 17.0 Å². The summed E-state index contributed by atoms with van der Waals surface area (Å²) in [6.07, 6.45) is 2.36. The first kappa shape index (κ1) is 16.3. The summed E-state index contributed by atoms with van der Waals surface area (Å²) in [7, 11) is 1.56. The van der Waals surface area contributed by atoms with Crippen LogP contribution in [-0.4, -0.2) is 31.8 Å². The largest absolute Gasteiger partial charge is 0.336 e. The van der Waals surface area contributed by atoms with Gasteiger partial charge >= 0.3 is 0 Å². The first-order chi connectivity index (χ1) is 9.70.